The second-order valence-electron chi connectivity index (χ2n) is 7.24. The third-order valence-corrected chi connectivity index (χ3v) is 7.20. The van der Waals surface area contributed by atoms with Gasteiger partial charge in [0.2, 0.25) is 10.0 Å². The van der Waals surface area contributed by atoms with E-state index in [0.717, 1.165) is 17.1 Å². The first-order valence-electron chi connectivity index (χ1n) is 9.57. The first-order valence-corrected chi connectivity index (χ1v) is 11.0. The monoisotopic (exact) mass is 428 g/mol. The molecule has 1 aliphatic heterocycles. The molecule has 2 aromatic heterocycles. The van der Waals surface area contributed by atoms with Crippen LogP contribution in [0.15, 0.2) is 53.8 Å². The van der Waals surface area contributed by atoms with Gasteiger partial charge in [0.25, 0.3) is 0 Å². The number of nitrogens with zero attached hydrogens (tertiary/aromatic N) is 4. The molecule has 0 unspecified atom stereocenters. The van der Waals surface area contributed by atoms with Gasteiger partial charge in [-0.15, -0.1) is 0 Å². The molecule has 0 saturated carbocycles. The number of ether oxygens (including phenoxy) is 2. The average molecular weight is 429 g/mol. The topological polar surface area (TPSA) is 86.5 Å². The maximum atomic E-state index is 13.2. The Labute approximate surface area is 176 Å². The normalized spacial score (nSPS) is 15.0. The summed E-state index contributed by atoms with van der Waals surface area (Å²) in [6.07, 6.45) is 5.40. The molecular formula is C21H24N4O4S. The zero-order valence-corrected chi connectivity index (χ0v) is 18.0. The Kier molecular flexibility index (Phi) is 5.48. The van der Waals surface area contributed by atoms with Crippen LogP contribution in [0, 0.1) is 6.92 Å². The molecule has 0 atom stereocenters. The molecule has 0 N–H and O–H groups in total. The Hall–Kier alpha value is -2.91. The van der Waals surface area contributed by atoms with E-state index in [1.54, 1.807) is 18.3 Å². The van der Waals surface area contributed by atoms with E-state index in [1.807, 2.05) is 31.5 Å². The summed E-state index contributed by atoms with van der Waals surface area (Å²) in [7, 11) is -0.744. The van der Waals surface area contributed by atoms with Crippen molar-refractivity contribution < 1.29 is 17.9 Å². The largest absolute Gasteiger partial charge is 0.497 e. The van der Waals surface area contributed by atoms with Crippen LogP contribution in [0.4, 0.5) is 0 Å². The van der Waals surface area contributed by atoms with Crippen molar-refractivity contribution in [1.29, 1.82) is 0 Å². The number of methoxy groups -OCH3 is 2. The highest BCUT2D eigenvalue weighted by atomic mass is 32.2. The van der Waals surface area contributed by atoms with Gasteiger partial charge < -0.3 is 14.0 Å². The van der Waals surface area contributed by atoms with E-state index in [1.165, 1.54) is 24.6 Å². The summed E-state index contributed by atoms with van der Waals surface area (Å²) in [5.41, 5.74) is 2.11. The van der Waals surface area contributed by atoms with Gasteiger partial charge in [0, 0.05) is 49.4 Å². The molecule has 9 heteroatoms. The van der Waals surface area contributed by atoms with Crippen LogP contribution in [-0.2, 0) is 16.6 Å². The molecule has 0 radical (unpaired) electrons. The summed E-state index contributed by atoms with van der Waals surface area (Å²) in [5.74, 6) is 1.68. The van der Waals surface area contributed by atoms with Gasteiger partial charge in [-0.3, -0.25) is 4.98 Å². The summed E-state index contributed by atoms with van der Waals surface area (Å²) < 4.78 is 40.4. The van der Waals surface area contributed by atoms with Gasteiger partial charge in [0.15, 0.2) is 0 Å². The van der Waals surface area contributed by atoms with Gasteiger partial charge in [-0.1, -0.05) is 6.07 Å². The highest BCUT2D eigenvalue weighted by Crippen LogP contribution is 2.36. The number of sulfonamides is 1. The first-order chi connectivity index (χ1) is 14.4. The zero-order chi connectivity index (χ0) is 21.3. The predicted molar refractivity (Wildman–Crippen MR) is 111 cm³/mol. The Bertz CT molecular complexity index is 1140. The molecule has 0 amide bonds. The summed E-state index contributed by atoms with van der Waals surface area (Å²) >= 11 is 0. The lowest BCUT2D eigenvalue weighted by molar-refractivity contribution is 0.250. The van der Waals surface area contributed by atoms with Gasteiger partial charge in [-0.2, -0.15) is 4.31 Å². The number of hydrogen-bond donors (Lipinski definition) is 0. The van der Waals surface area contributed by atoms with Gasteiger partial charge in [-0.25, -0.2) is 13.4 Å². The van der Waals surface area contributed by atoms with E-state index in [2.05, 4.69) is 14.5 Å². The number of aromatic nitrogens is 3. The van der Waals surface area contributed by atoms with Crippen molar-refractivity contribution in [3.63, 3.8) is 0 Å². The second-order valence-corrected chi connectivity index (χ2v) is 9.15. The van der Waals surface area contributed by atoms with E-state index in [-0.39, 0.29) is 10.8 Å². The third-order valence-electron chi connectivity index (χ3n) is 5.35. The molecule has 1 aliphatic rings. The van der Waals surface area contributed by atoms with Gasteiger partial charge in [-0.05, 0) is 30.7 Å². The lowest BCUT2D eigenvalue weighted by atomic mass is 10.0. The predicted octanol–water partition coefficient (Wildman–Crippen LogP) is 2.44. The van der Waals surface area contributed by atoms with Crippen LogP contribution in [0.2, 0.25) is 0 Å². The molecule has 0 aliphatic carbocycles. The van der Waals surface area contributed by atoms with Gasteiger partial charge in [0.05, 0.1) is 20.8 Å². The van der Waals surface area contributed by atoms with Crippen molar-refractivity contribution in [2.75, 3.05) is 27.3 Å². The van der Waals surface area contributed by atoms with E-state index < -0.39 is 10.0 Å². The van der Waals surface area contributed by atoms with Crippen molar-refractivity contribution in [3.8, 4) is 11.5 Å². The molecule has 158 valence electrons. The van der Waals surface area contributed by atoms with E-state index in [4.69, 9.17) is 9.47 Å². The van der Waals surface area contributed by atoms with Crippen LogP contribution in [0.25, 0.3) is 0 Å². The molecule has 4 rings (SSSR count). The lowest BCUT2D eigenvalue weighted by Crippen LogP contribution is -2.49. The molecule has 3 aromatic rings. The zero-order valence-electron chi connectivity index (χ0n) is 17.1. The van der Waals surface area contributed by atoms with E-state index in [9.17, 15) is 8.42 Å². The molecule has 1 saturated heterocycles. The highest BCUT2D eigenvalue weighted by Gasteiger charge is 2.41. The molecule has 30 heavy (non-hydrogen) atoms. The van der Waals surface area contributed by atoms with E-state index in [0.29, 0.717) is 31.1 Å². The Morgan fingerprint density at radius 1 is 1.13 bits per heavy atom. The van der Waals surface area contributed by atoms with Crippen LogP contribution < -0.4 is 9.47 Å². The first kappa shape index (κ1) is 20.4. The van der Waals surface area contributed by atoms with Crippen LogP contribution in [-0.4, -0.2) is 54.6 Å². The second kappa shape index (κ2) is 8.08. The number of pyridine rings is 1. The fourth-order valence-electron chi connectivity index (χ4n) is 3.61. The van der Waals surface area contributed by atoms with Crippen LogP contribution in [0.3, 0.4) is 0 Å². The third kappa shape index (κ3) is 3.66. The minimum absolute atomic E-state index is 0.0294. The summed E-state index contributed by atoms with van der Waals surface area (Å²) in [5, 5.41) is 0. The lowest BCUT2D eigenvalue weighted by Gasteiger charge is -2.38. The van der Waals surface area contributed by atoms with Crippen molar-refractivity contribution in [1.82, 2.24) is 18.8 Å². The number of rotatable bonds is 7. The van der Waals surface area contributed by atoms with Crippen molar-refractivity contribution in [2.45, 2.75) is 24.3 Å². The minimum atomic E-state index is -3.70. The molecule has 8 nitrogen and oxygen atoms in total. The maximum absolute atomic E-state index is 13.2. The summed E-state index contributed by atoms with van der Waals surface area (Å²) in [6.45, 7) is 3.39. The summed E-state index contributed by atoms with van der Waals surface area (Å²) in [6, 6.07) is 8.69. The fourth-order valence-corrected chi connectivity index (χ4v) is 5.31. The Balaban J connectivity index is 1.55. The van der Waals surface area contributed by atoms with Crippen molar-refractivity contribution in [3.05, 3.63) is 66.0 Å². The molecule has 3 heterocycles. The number of benzene rings is 1. The fraction of sp³-hybridized carbons (Fsp3) is 0.333. The number of imidazole rings is 1. The van der Waals surface area contributed by atoms with Crippen molar-refractivity contribution >= 4 is 10.0 Å². The standard InChI is InChI=1S/C21H24N4O4S/c1-15-10-23-21(25(15)12-16-5-4-8-22-11-16)17-13-24(14-17)30(26,27)20-9-18(28-2)6-7-19(20)29-3/h4-11,17H,12-14H2,1-3H3. The maximum Gasteiger partial charge on any atom is 0.246 e. The minimum Gasteiger partial charge on any atom is -0.497 e. The quantitative estimate of drug-likeness (QED) is 0.575. The molecule has 1 fully saturated rings. The van der Waals surface area contributed by atoms with Crippen LogP contribution in [0.1, 0.15) is 23.0 Å². The smallest absolute Gasteiger partial charge is 0.246 e. The SMILES string of the molecule is COc1ccc(OC)c(S(=O)(=O)N2CC(c3ncc(C)n3Cc3cccnc3)C2)c1. The molecule has 0 spiro atoms. The highest BCUT2D eigenvalue weighted by molar-refractivity contribution is 7.89. The average Bonchev–Trinajstić information content (AvgIpc) is 3.07. The van der Waals surface area contributed by atoms with Crippen LogP contribution in [0.5, 0.6) is 11.5 Å². The van der Waals surface area contributed by atoms with Crippen LogP contribution >= 0.6 is 0 Å². The Morgan fingerprint density at radius 3 is 2.60 bits per heavy atom. The number of hydrogen-bond acceptors (Lipinski definition) is 6. The molecular weight excluding hydrogens is 404 g/mol. The number of aryl methyl sites for hydroxylation is 1. The van der Waals surface area contributed by atoms with Gasteiger partial charge >= 0.3 is 0 Å². The molecule has 1 aromatic carbocycles. The van der Waals surface area contributed by atoms with Crippen molar-refractivity contribution in [2.24, 2.45) is 0 Å². The Morgan fingerprint density at radius 2 is 1.93 bits per heavy atom. The van der Waals surface area contributed by atoms with E-state index >= 15 is 0 Å². The van der Waals surface area contributed by atoms with Gasteiger partial charge in [0.1, 0.15) is 22.2 Å². The summed E-state index contributed by atoms with van der Waals surface area (Å²) in [4.78, 5) is 8.84. The molecule has 0 bridgehead atoms.